The molecule has 5 rings (SSSR count). The van der Waals surface area contributed by atoms with Crippen molar-refractivity contribution in [2.75, 3.05) is 6.61 Å². The van der Waals surface area contributed by atoms with Crippen molar-refractivity contribution in [1.29, 1.82) is 0 Å². The summed E-state index contributed by atoms with van der Waals surface area (Å²) in [6.07, 6.45) is -1.03. The fourth-order valence-corrected chi connectivity index (χ4v) is 4.81. The molecule has 0 aliphatic carbocycles. The first-order valence-electron chi connectivity index (χ1n) is 13.0. The normalized spacial score (nSPS) is 20.9. The molecule has 5 nitrogen and oxygen atoms in total. The van der Waals surface area contributed by atoms with Gasteiger partial charge in [0.1, 0.15) is 24.4 Å². The van der Waals surface area contributed by atoms with Crippen LogP contribution in [0.25, 0.3) is 10.8 Å². The van der Waals surface area contributed by atoms with Crippen molar-refractivity contribution in [3.8, 4) is 0 Å². The molecule has 2 unspecified atom stereocenters. The lowest BCUT2D eigenvalue weighted by atomic mass is 9.99. The molecule has 0 fully saturated rings. The van der Waals surface area contributed by atoms with Gasteiger partial charge >= 0.3 is 0 Å². The number of hydrogen-bond donors (Lipinski definition) is 1. The van der Waals surface area contributed by atoms with E-state index in [4.69, 9.17) is 18.9 Å². The number of fused-ring (bicyclic) bond motifs is 2. The molecule has 196 valence electrons. The van der Waals surface area contributed by atoms with Crippen molar-refractivity contribution < 1.29 is 24.1 Å². The molecule has 4 aromatic carbocycles. The number of hydrogen-bond acceptors (Lipinski definition) is 5. The highest BCUT2D eigenvalue weighted by molar-refractivity contribution is 5.84. The first-order chi connectivity index (χ1) is 18.7. The van der Waals surface area contributed by atoms with E-state index in [1.54, 1.807) is 6.08 Å². The zero-order valence-electron chi connectivity index (χ0n) is 21.4. The summed E-state index contributed by atoms with van der Waals surface area (Å²) in [7, 11) is 0. The third kappa shape index (κ3) is 6.57. The predicted octanol–water partition coefficient (Wildman–Crippen LogP) is 5.97. The van der Waals surface area contributed by atoms with Crippen LogP contribution in [0.1, 0.15) is 22.3 Å². The van der Waals surface area contributed by atoms with Gasteiger partial charge in [-0.1, -0.05) is 91.0 Å². The van der Waals surface area contributed by atoms with Gasteiger partial charge in [0.2, 0.25) is 0 Å². The Labute approximate surface area is 224 Å². The molecule has 38 heavy (non-hydrogen) atoms. The molecule has 0 aromatic heterocycles. The maximum atomic E-state index is 11.3. The van der Waals surface area contributed by atoms with Crippen molar-refractivity contribution in [1.82, 2.24) is 0 Å². The summed E-state index contributed by atoms with van der Waals surface area (Å²) in [5.41, 5.74) is 4.13. The van der Waals surface area contributed by atoms with E-state index in [1.807, 2.05) is 72.8 Å². The summed E-state index contributed by atoms with van der Waals surface area (Å²) in [6, 6.07) is 32.4. The Bertz CT molecular complexity index is 1310. The molecule has 0 saturated carbocycles. The third-order valence-corrected chi connectivity index (χ3v) is 6.88. The van der Waals surface area contributed by atoms with E-state index in [-0.39, 0.29) is 6.61 Å². The molecular weight excluding hydrogens is 476 g/mol. The molecule has 0 amide bonds. The Balaban J connectivity index is 1.43. The zero-order chi connectivity index (χ0) is 26.2. The summed E-state index contributed by atoms with van der Waals surface area (Å²) >= 11 is 0. The van der Waals surface area contributed by atoms with Crippen molar-refractivity contribution in [3.63, 3.8) is 0 Å². The summed E-state index contributed by atoms with van der Waals surface area (Å²) in [6.45, 7) is 5.56. The summed E-state index contributed by atoms with van der Waals surface area (Å²) < 4.78 is 25.2. The van der Waals surface area contributed by atoms with E-state index in [9.17, 15) is 5.11 Å². The lowest BCUT2D eigenvalue weighted by Crippen LogP contribution is -2.49. The second-order valence-corrected chi connectivity index (χ2v) is 9.58. The van der Waals surface area contributed by atoms with Gasteiger partial charge in [0.05, 0.1) is 33.0 Å². The van der Waals surface area contributed by atoms with Gasteiger partial charge < -0.3 is 24.1 Å². The molecule has 1 aliphatic heterocycles. The van der Waals surface area contributed by atoms with E-state index in [0.717, 1.165) is 33.0 Å². The predicted molar refractivity (Wildman–Crippen MR) is 148 cm³/mol. The van der Waals surface area contributed by atoms with E-state index in [2.05, 4.69) is 30.8 Å². The minimum Gasteiger partial charge on any atom is -0.388 e. The minimum atomic E-state index is -0.923. The molecule has 0 bridgehead atoms. The average Bonchev–Trinajstić information content (AvgIpc) is 2.96. The second kappa shape index (κ2) is 13.0. The lowest BCUT2D eigenvalue weighted by molar-refractivity contribution is -0.180. The highest BCUT2D eigenvalue weighted by Crippen LogP contribution is 2.27. The molecule has 1 N–H and O–H groups in total. The molecular formula is C33H34O5. The van der Waals surface area contributed by atoms with E-state index in [0.29, 0.717) is 26.4 Å². The average molecular weight is 511 g/mol. The van der Waals surface area contributed by atoms with Crippen LogP contribution >= 0.6 is 0 Å². The van der Waals surface area contributed by atoms with Crippen LogP contribution in [-0.4, -0.2) is 36.1 Å². The summed E-state index contributed by atoms with van der Waals surface area (Å²) in [5.74, 6) is 0. The number of rotatable bonds is 8. The quantitative estimate of drug-likeness (QED) is 0.296. The van der Waals surface area contributed by atoms with Crippen molar-refractivity contribution >= 4 is 10.8 Å². The Morgan fingerprint density at radius 2 is 1.39 bits per heavy atom. The molecule has 1 heterocycles. The van der Waals surface area contributed by atoms with Gasteiger partial charge in [-0.05, 0) is 45.2 Å². The van der Waals surface area contributed by atoms with Crippen molar-refractivity contribution in [2.24, 2.45) is 0 Å². The first kappa shape index (κ1) is 26.3. The first-order valence-corrected chi connectivity index (χ1v) is 13.0. The molecule has 1 aliphatic rings. The molecule has 0 radical (unpaired) electrons. The zero-order valence-corrected chi connectivity index (χ0v) is 21.4. The SMILES string of the molecule is C=C[C@@H](OCc1ccccc1)C1OCc2cc3ccccc3cc2COCC(O)[C@H]1OCc1ccccc1. The number of benzene rings is 4. The van der Waals surface area contributed by atoms with Gasteiger partial charge in [0.25, 0.3) is 0 Å². The fraction of sp³-hybridized carbons (Fsp3) is 0.273. The molecule has 0 saturated heterocycles. The van der Waals surface area contributed by atoms with Crippen LogP contribution in [0.2, 0.25) is 0 Å². The van der Waals surface area contributed by atoms with Crippen LogP contribution in [0.15, 0.2) is 110 Å². The summed E-state index contributed by atoms with van der Waals surface area (Å²) in [4.78, 5) is 0. The molecule has 4 atom stereocenters. The minimum absolute atomic E-state index is 0.105. The van der Waals surface area contributed by atoms with Crippen LogP contribution in [0.5, 0.6) is 0 Å². The van der Waals surface area contributed by atoms with Crippen LogP contribution in [0.4, 0.5) is 0 Å². The maximum Gasteiger partial charge on any atom is 0.116 e. The van der Waals surface area contributed by atoms with E-state index in [1.165, 1.54) is 0 Å². The highest BCUT2D eigenvalue weighted by atomic mass is 16.6. The standard InChI is InChI=1S/C33H34O5/c1-2-31(36-19-24-11-5-3-6-12-24)33-32(37-20-25-13-7-4-8-14-25)30(34)23-35-21-28-17-26-15-9-10-16-27(26)18-29(28)22-38-33/h2-18,30-34H,1,19-23H2/t30?,31-,32-,33?/m1/s1. The topological polar surface area (TPSA) is 57.2 Å². The monoisotopic (exact) mass is 510 g/mol. The maximum absolute atomic E-state index is 11.3. The number of aliphatic hydroxyl groups is 1. The second-order valence-electron chi connectivity index (χ2n) is 9.58. The molecule has 4 aromatic rings. The molecule has 0 spiro atoms. The van der Waals surface area contributed by atoms with Gasteiger partial charge in [0, 0.05) is 0 Å². The van der Waals surface area contributed by atoms with Gasteiger partial charge in [-0.25, -0.2) is 0 Å². The highest BCUT2D eigenvalue weighted by Gasteiger charge is 2.36. The van der Waals surface area contributed by atoms with Gasteiger partial charge in [-0.3, -0.25) is 0 Å². The Hall–Kier alpha value is -3.32. The van der Waals surface area contributed by atoms with Crippen LogP contribution in [-0.2, 0) is 45.4 Å². The van der Waals surface area contributed by atoms with Gasteiger partial charge in [-0.2, -0.15) is 0 Å². The van der Waals surface area contributed by atoms with Crippen molar-refractivity contribution in [3.05, 3.63) is 132 Å². The number of aliphatic hydroxyl groups excluding tert-OH is 1. The number of ether oxygens (including phenoxy) is 4. The van der Waals surface area contributed by atoms with E-state index >= 15 is 0 Å². The third-order valence-electron chi connectivity index (χ3n) is 6.88. The fourth-order valence-electron chi connectivity index (χ4n) is 4.81. The largest absolute Gasteiger partial charge is 0.388 e. The Morgan fingerprint density at radius 3 is 2.03 bits per heavy atom. The van der Waals surface area contributed by atoms with Crippen molar-refractivity contribution in [2.45, 2.75) is 50.8 Å². The van der Waals surface area contributed by atoms with E-state index < -0.39 is 24.4 Å². The van der Waals surface area contributed by atoms with Crippen LogP contribution in [0, 0.1) is 0 Å². The van der Waals surface area contributed by atoms with Gasteiger partial charge in [0.15, 0.2) is 0 Å². The lowest BCUT2D eigenvalue weighted by Gasteiger charge is -2.35. The summed E-state index contributed by atoms with van der Waals surface area (Å²) in [5, 5.41) is 13.6. The Morgan fingerprint density at radius 1 is 0.816 bits per heavy atom. The van der Waals surface area contributed by atoms with Crippen LogP contribution in [0.3, 0.4) is 0 Å². The van der Waals surface area contributed by atoms with Gasteiger partial charge in [-0.15, -0.1) is 6.58 Å². The molecule has 5 heteroatoms. The smallest absolute Gasteiger partial charge is 0.116 e. The Kier molecular flexibility index (Phi) is 8.97. The van der Waals surface area contributed by atoms with Crippen LogP contribution < -0.4 is 0 Å².